The predicted octanol–water partition coefficient (Wildman–Crippen LogP) is 1.58. The monoisotopic (exact) mass is 338 g/mol. The largest absolute Gasteiger partial charge is 0.304 e. The molecule has 1 saturated heterocycles. The van der Waals surface area contributed by atoms with Gasteiger partial charge in [-0.1, -0.05) is 19.9 Å². The van der Waals surface area contributed by atoms with Crippen LogP contribution >= 0.6 is 0 Å². The Bertz CT molecular complexity index is 770. The third-order valence-corrected chi connectivity index (χ3v) is 6.42. The van der Waals surface area contributed by atoms with Crippen molar-refractivity contribution in [3.05, 3.63) is 18.2 Å². The lowest BCUT2D eigenvalue weighted by molar-refractivity contribution is 0.256. The quantitative estimate of drug-likeness (QED) is 0.795. The normalized spacial score (nSPS) is 19.9. The SMILES string of the molecule is CCN(CC)CC1CCN(S(=O)(=O)c2cccc3nonc23)C1. The Balaban J connectivity index is 1.80. The van der Waals surface area contributed by atoms with Crippen LogP contribution in [0.25, 0.3) is 11.0 Å². The van der Waals surface area contributed by atoms with Gasteiger partial charge in [-0.2, -0.15) is 4.31 Å². The van der Waals surface area contributed by atoms with Gasteiger partial charge in [0, 0.05) is 19.6 Å². The minimum atomic E-state index is -3.57. The predicted molar refractivity (Wildman–Crippen MR) is 86.5 cm³/mol. The number of fused-ring (bicyclic) bond motifs is 1. The van der Waals surface area contributed by atoms with Crippen molar-refractivity contribution in [1.29, 1.82) is 0 Å². The standard InChI is InChI=1S/C15H22N4O3S/c1-3-18(4-2)10-12-8-9-19(11-12)23(20,21)14-7-5-6-13-15(14)17-22-16-13/h5-7,12H,3-4,8-11H2,1-2H3. The molecule has 1 aliphatic rings. The van der Waals surface area contributed by atoms with Crippen molar-refractivity contribution >= 4 is 21.1 Å². The van der Waals surface area contributed by atoms with Gasteiger partial charge in [-0.25, -0.2) is 13.0 Å². The first-order valence-electron chi connectivity index (χ1n) is 8.00. The van der Waals surface area contributed by atoms with Gasteiger partial charge in [0.2, 0.25) is 10.0 Å². The second-order valence-corrected chi connectivity index (χ2v) is 7.80. The second-order valence-electron chi connectivity index (χ2n) is 5.89. The lowest BCUT2D eigenvalue weighted by atomic mass is 10.1. The molecule has 7 nitrogen and oxygen atoms in total. The molecule has 1 unspecified atom stereocenters. The Hall–Kier alpha value is -1.51. The number of sulfonamides is 1. The van der Waals surface area contributed by atoms with Crippen LogP contribution in [0.1, 0.15) is 20.3 Å². The van der Waals surface area contributed by atoms with E-state index in [1.807, 2.05) is 0 Å². The fourth-order valence-electron chi connectivity index (χ4n) is 3.14. The van der Waals surface area contributed by atoms with Crippen LogP contribution in [0, 0.1) is 5.92 Å². The maximum atomic E-state index is 12.9. The molecular formula is C15H22N4O3S. The van der Waals surface area contributed by atoms with Gasteiger partial charge in [0.1, 0.15) is 10.4 Å². The van der Waals surface area contributed by atoms with Crippen molar-refractivity contribution in [2.24, 2.45) is 5.92 Å². The highest BCUT2D eigenvalue weighted by Gasteiger charge is 2.34. The molecule has 0 aliphatic carbocycles. The second kappa shape index (κ2) is 6.54. The molecule has 0 spiro atoms. The third-order valence-electron chi connectivity index (χ3n) is 4.53. The zero-order valence-electron chi connectivity index (χ0n) is 13.5. The van der Waals surface area contributed by atoms with Crippen molar-refractivity contribution in [3.8, 4) is 0 Å². The third kappa shape index (κ3) is 3.11. The zero-order chi connectivity index (χ0) is 16.4. The van der Waals surface area contributed by atoms with Crippen molar-refractivity contribution in [1.82, 2.24) is 19.5 Å². The summed E-state index contributed by atoms with van der Waals surface area (Å²) in [6.45, 7) is 8.29. The molecule has 2 aromatic rings. The highest BCUT2D eigenvalue weighted by Crippen LogP contribution is 2.28. The van der Waals surface area contributed by atoms with Crippen LogP contribution in [0.5, 0.6) is 0 Å². The summed E-state index contributed by atoms with van der Waals surface area (Å²) in [7, 11) is -3.57. The van der Waals surface area contributed by atoms with Gasteiger partial charge < -0.3 is 4.90 Å². The molecule has 1 atom stereocenters. The maximum Gasteiger partial charge on any atom is 0.245 e. The Kier molecular flexibility index (Phi) is 4.65. The van der Waals surface area contributed by atoms with E-state index in [9.17, 15) is 8.42 Å². The summed E-state index contributed by atoms with van der Waals surface area (Å²) < 4.78 is 32.1. The molecule has 23 heavy (non-hydrogen) atoms. The van der Waals surface area contributed by atoms with E-state index in [1.54, 1.807) is 22.5 Å². The lowest BCUT2D eigenvalue weighted by Gasteiger charge is -2.22. The molecule has 3 rings (SSSR count). The van der Waals surface area contributed by atoms with Gasteiger partial charge >= 0.3 is 0 Å². The topological polar surface area (TPSA) is 79.5 Å². The Labute approximate surface area is 136 Å². The minimum Gasteiger partial charge on any atom is -0.304 e. The van der Waals surface area contributed by atoms with Crippen LogP contribution in [0.4, 0.5) is 0 Å². The Morgan fingerprint density at radius 3 is 2.83 bits per heavy atom. The van der Waals surface area contributed by atoms with Crippen molar-refractivity contribution < 1.29 is 13.0 Å². The number of hydrogen-bond acceptors (Lipinski definition) is 6. The Morgan fingerprint density at radius 2 is 2.09 bits per heavy atom. The molecule has 8 heteroatoms. The van der Waals surface area contributed by atoms with Crippen LogP contribution < -0.4 is 0 Å². The van der Waals surface area contributed by atoms with Crippen LogP contribution in [0.15, 0.2) is 27.7 Å². The van der Waals surface area contributed by atoms with E-state index in [1.165, 1.54) is 0 Å². The molecule has 0 saturated carbocycles. The van der Waals surface area contributed by atoms with Crippen LogP contribution in [-0.2, 0) is 10.0 Å². The summed E-state index contributed by atoms with van der Waals surface area (Å²) >= 11 is 0. The van der Waals surface area contributed by atoms with Gasteiger partial charge in [-0.05, 0) is 47.9 Å². The van der Waals surface area contributed by atoms with E-state index >= 15 is 0 Å². The minimum absolute atomic E-state index is 0.180. The fourth-order valence-corrected chi connectivity index (χ4v) is 4.81. The van der Waals surface area contributed by atoms with Crippen LogP contribution in [0.2, 0.25) is 0 Å². The van der Waals surface area contributed by atoms with E-state index in [2.05, 4.69) is 33.7 Å². The van der Waals surface area contributed by atoms with Gasteiger partial charge in [0.15, 0.2) is 5.52 Å². The molecule has 126 valence electrons. The average molecular weight is 338 g/mol. The van der Waals surface area contributed by atoms with E-state index in [0.29, 0.717) is 30.0 Å². The van der Waals surface area contributed by atoms with E-state index in [-0.39, 0.29) is 4.90 Å². The smallest absolute Gasteiger partial charge is 0.245 e. The first-order valence-corrected chi connectivity index (χ1v) is 9.44. The van der Waals surface area contributed by atoms with Gasteiger partial charge in [-0.3, -0.25) is 0 Å². The first-order chi connectivity index (χ1) is 11.1. The summed E-state index contributed by atoms with van der Waals surface area (Å²) in [5.74, 6) is 0.374. The fraction of sp³-hybridized carbons (Fsp3) is 0.600. The zero-order valence-corrected chi connectivity index (χ0v) is 14.3. The lowest BCUT2D eigenvalue weighted by Crippen LogP contribution is -2.33. The van der Waals surface area contributed by atoms with E-state index in [4.69, 9.17) is 0 Å². The molecular weight excluding hydrogens is 316 g/mol. The number of aromatic nitrogens is 2. The van der Waals surface area contributed by atoms with Gasteiger partial charge in [-0.15, -0.1) is 0 Å². The highest BCUT2D eigenvalue weighted by atomic mass is 32.2. The highest BCUT2D eigenvalue weighted by molar-refractivity contribution is 7.89. The van der Waals surface area contributed by atoms with Crippen molar-refractivity contribution in [3.63, 3.8) is 0 Å². The molecule has 0 radical (unpaired) electrons. The molecule has 1 aliphatic heterocycles. The molecule has 1 aromatic carbocycles. The molecule has 1 aromatic heterocycles. The number of hydrogen-bond donors (Lipinski definition) is 0. The van der Waals surface area contributed by atoms with E-state index in [0.717, 1.165) is 26.1 Å². The molecule has 0 bridgehead atoms. The number of rotatable bonds is 6. The van der Waals surface area contributed by atoms with Gasteiger partial charge in [0.25, 0.3) is 0 Å². The van der Waals surface area contributed by atoms with Crippen LogP contribution in [-0.4, -0.2) is 60.7 Å². The molecule has 1 fully saturated rings. The first kappa shape index (κ1) is 16.4. The summed E-state index contributed by atoms with van der Waals surface area (Å²) in [4.78, 5) is 2.52. The van der Waals surface area contributed by atoms with Gasteiger partial charge in [0.05, 0.1) is 0 Å². The van der Waals surface area contributed by atoms with Crippen molar-refractivity contribution in [2.45, 2.75) is 25.2 Å². The average Bonchev–Trinajstić information content (AvgIpc) is 3.21. The summed E-state index contributed by atoms with van der Waals surface area (Å²) in [5, 5.41) is 7.47. The molecule has 0 N–H and O–H groups in total. The summed E-state index contributed by atoms with van der Waals surface area (Å²) in [6.07, 6.45) is 0.892. The van der Waals surface area contributed by atoms with Crippen molar-refractivity contribution in [2.75, 3.05) is 32.7 Å². The summed E-state index contributed by atoms with van der Waals surface area (Å²) in [6, 6.07) is 4.93. The maximum absolute atomic E-state index is 12.9. The number of nitrogens with zero attached hydrogens (tertiary/aromatic N) is 4. The van der Waals surface area contributed by atoms with Crippen LogP contribution in [0.3, 0.4) is 0 Å². The molecule has 0 amide bonds. The number of benzene rings is 1. The van der Waals surface area contributed by atoms with E-state index < -0.39 is 10.0 Å². The molecule has 2 heterocycles. The Morgan fingerprint density at radius 1 is 1.30 bits per heavy atom. The summed E-state index contributed by atoms with van der Waals surface area (Å²) in [5.41, 5.74) is 0.768.